The zero-order chi connectivity index (χ0) is 20.2. The number of benzene rings is 1. The summed E-state index contributed by atoms with van der Waals surface area (Å²) < 4.78 is 5.40. The molecule has 0 unspecified atom stereocenters. The lowest BCUT2D eigenvalue weighted by molar-refractivity contribution is -0.133. The maximum absolute atomic E-state index is 13.1. The minimum atomic E-state index is -0.599. The van der Waals surface area contributed by atoms with Crippen molar-refractivity contribution in [3.05, 3.63) is 24.3 Å². The molecule has 0 atom stereocenters. The number of nitrogens with one attached hydrogen (secondary N) is 2. The van der Waals surface area contributed by atoms with Gasteiger partial charge in [-0.15, -0.1) is 0 Å². The summed E-state index contributed by atoms with van der Waals surface area (Å²) in [5, 5.41) is 6.06. The average Bonchev–Trinajstić information content (AvgIpc) is 3.11. The SMILES string of the molecule is CC(C)(C)NC(=O)CC1(C(=O)Nc2ccc(N3CCOCC3)cc2)CCCC1. The van der Waals surface area contributed by atoms with E-state index in [9.17, 15) is 9.59 Å². The first-order chi connectivity index (χ1) is 13.3. The topological polar surface area (TPSA) is 70.7 Å². The molecule has 1 saturated carbocycles. The van der Waals surface area contributed by atoms with Gasteiger partial charge in [-0.3, -0.25) is 9.59 Å². The van der Waals surface area contributed by atoms with Crippen LogP contribution in [0, 0.1) is 5.41 Å². The number of carbonyl (C=O) groups is 2. The first-order valence-electron chi connectivity index (χ1n) is 10.3. The van der Waals surface area contributed by atoms with Crippen molar-refractivity contribution in [1.29, 1.82) is 0 Å². The molecular weight excluding hydrogens is 354 g/mol. The Morgan fingerprint density at radius 3 is 2.25 bits per heavy atom. The van der Waals surface area contributed by atoms with Crippen molar-refractivity contribution in [2.24, 2.45) is 5.41 Å². The van der Waals surface area contributed by atoms with Gasteiger partial charge in [-0.1, -0.05) is 12.8 Å². The van der Waals surface area contributed by atoms with Crippen molar-refractivity contribution in [2.45, 2.75) is 58.4 Å². The fourth-order valence-electron chi connectivity index (χ4n) is 4.15. The summed E-state index contributed by atoms with van der Waals surface area (Å²) in [4.78, 5) is 27.9. The Labute approximate surface area is 168 Å². The van der Waals surface area contributed by atoms with E-state index in [4.69, 9.17) is 4.74 Å². The van der Waals surface area contributed by atoms with E-state index in [1.807, 2.05) is 45.0 Å². The largest absolute Gasteiger partial charge is 0.378 e. The molecule has 1 saturated heterocycles. The fraction of sp³-hybridized carbons (Fsp3) is 0.636. The number of hydrogen-bond donors (Lipinski definition) is 2. The van der Waals surface area contributed by atoms with Crippen LogP contribution < -0.4 is 15.5 Å². The van der Waals surface area contributed by atoms with Gasteiger partial charge >= 0.3 is 0 Å². The highest BCUT2D eigenvalue weighted by molar-refractivity contribution is 5.98. The molecule has 1 aliphatic heterocycles. The fourth-order valence-corrected chi connectivity index (χ4v) is 4.15. The second-order valence-electron chi connectivity index (χ2n) is 9.06. The van der Waals surface area contributed by atoms with Gasteiger partial charge < -0.3 is 20.3 Å². The third-order valence-electron chi connectivity index (χ3n) is 5.56. The minimum Gasteiger partial charge on any atom is -0.378 e. The highest BCUT2D eigenvalue weighted by Crippen LogP contribution is 2.42. The molecule has 1 aromatic rings. The van der Waals surface area contributed by atoms with Gasteiger partial charge in [0.05, 0.1) is 18.6 Å². The summed E-state index contributed by atoms with van der Waals surface area (Å²) in [7, 11) is 0. The summed E-state index contributed by atoms with van der Waals surface area (Å²) in [5.41, 5.74) is 1.03. The van der Waals surface area contributed by atoms with Crippen LogP contribution in [0.4, 0.5) is 11.4 Å². The Bertz CT molecular complexity index is 682. The summed E-state index contributed by atoms with van der Waals surface area (Å²) in [6, 6.07) is 7.96. The molecule has 154 valence electrons. The van der Waals surface area contributed by atoms with Gasteiger partial charge in [0.25, 0.3) is 0 Å². The van der Waals surface area contributed by atoms with Gasteiger partial charge in [0.1, 0.15) is 0 Å². The third kappa shape index (κ3) is 5.25. The van der Waals surface area contributed by atoms with E-state index in [2.05, 4.69) is 15.5 Å². The monoisotopic (exact) mass is 387 g/mol. The third-order valence-corrected chi connectivity index (χ3v) is 5.56. The van der Waals surface area contributed by atoms with Gasteiger partial charge in [-0.05, 0) is 57.9 Å². The molecule has 2 N–H and O–H groups in total. The van der Waals surface area contributed by atoms with E-state index in [0.29, 0.717) is 0 Å². The van der Waals surface area contributed by atoms with Gasteiger partial charge in [-0.25, -0.2) is 0 Å². The van der Waals surface area contributed by atoms with Crippen LogP contribution in [0.25, 0.3) is 0 Å². The Morgan fingerprint density at radius 1 is 1.07 bits per heavy atom. The van der Waals surface area contributed by atoms with E-state index in [1.165, 1.54) is 0 Å². The van der Waals surface area contributed by atoms with E-state index in [1.54, 1.807) is 0 Å². The second-order valence-corrected chi connectivity index (χ2v) is 9.06. The molecule has 0 radical (unpaired) electrons. The van der Waals surface area contributed by atoms with E-state index in [-0.39, 0.29) is 23.8 Å². The minimum absolute atomic E-state index is 0.0341. The Kier molecular flexibility index (Phi) is 6.28. The van der Waals surface area contributed by atoms with Crippen molar-refractivity contribution >= 4 is 23.2 Å². The summed E-state index contributed by atoms with van der Waals surface area (Å²) in [6.45, 7) is 9.15. The molecular formula is C22H33N3O3. The number of nitrogens with zero attached hydrogens (tertiary/aromatic N) is 1. The Morgan fingerprint density at radius 2 is 1.68 bits per heavy atom. The quantitative estimate of drug-likeness (QED) is 0.813. The summed E-state index contributed by atoms with van der Waals surface area (Å²) >= 11 is 0. The van der Waals surface area contributed by atoms with Crippen LogP contribution >= 0.6 is 0 Å². The lowest BCUT2D eigenvalue weighted by atomic mass is 9.81. The zero-order valence-corrected chi connectivity index (χ0v) is 17.3. The molecule has 3 rings (SSSR count). The predicted octanol–water partition coefficient (Wildman–Crippen LogP) is 3.33. The number of carbonyl (C=O) groups excluding carboxylic acids is 2. The van der Waals surface area contributed by atoms with Crippen molar-refractivity contribution in [2.75, 3.05) is 36.5 Å². The predicted molar refractivity (Wildman–Crippen MR) is 112 cm³/mol. The zero-order valence-electron chi connectivity index (χ0n) is 17.3. The second kappa shape index (κ2) is 8.52. The van der Waals surface area contributed by atoms with Gasteiger partial charge in [0, 0.05) is 36.4 Å². The molecule has 2 aliphatic rings. The molecule has 6 heteroatoms. The van der Waals surface area contributed by atoms with Crippen LogP contribution in [0.1, 0.15) is 52.9 Å². The van der Waals surface area contributed by atoms with Crippen molar-refractivity contribution < 1.29 is 14.3 Å². The van der Waals surface area contributed by atoms with Crippen LogP contribution in [-0.2, 0) is 14.3 Å². The van der Waals surface area contributed by atoms with Crippen molar-refractivity contribution in [3.8, 4) is 0 Å². The molecule has 6 nitrogen and oxygen atoms in total. The van der Waals surface area contributed by atoms with Gasteiger partial charge in [0.15, 0.2) is 0 Å². The number of amides is 2. The smallest absolute Gasteiger partial charge is 0.231 e. The van der Waals surface area contributed by atoms with Crippen LogP contribution in [0.15, 0.2) is 24.3 Å². The molecule has 0 spiro atoms. The van der Waals surface area contributed by atoms with Crippen LogP contribution in [0.3, 0.4) is 0 Å². The van der Waals surface area contributed by atoms with Gasteiger partial charge in [-0.2, -0.15) is 0 Å². The first kappa shape index (κ1) is 20.6. The van der Waals surface area contributed by atoms with Crippen molar-refractivity contribution in [1.82, 2.24) is 5.32 Å². The number of rotatable bonds is 5. The number of anilines is 2. The first-order valence-corrected chi connectivity index (χ1v) is 10.3. The lowest BCUT2D eigenvalue weighted by Crippen LogP contribution is -2.45. The lowest BCUT2D eigenvalue weighted by Gasteiger charge is -2.30. The molecule has 1 aromatic carbocycles. The van der Waals surface area contributed by atoms with Crippen molar-refractivity contribution in [3.63, 3.8) is 0 Å². The molecule has 2 amide bonds. The molecule has 1 aliphatic carbocycles. The maximum atomic E-state index is 13.1. The Balaban J connectivity index is 1.64. The summed E-state index contributed by atoms with van der Waals surface area (Å²) in [6.07, 6.45) is 3.77. The molecule has 28 heavy (non-hydrogen) atoms. The van der Waals surface area contributed by atoms with Crippen LogP contribution in [0.2, 0.25) is 0 Å². The number of hydrogen-bond acceptors (Lipinski definition) is 4. The molecule has 1 heterocycles. The molecule has 2 fully saturated rings. The summed E-state index contributed by atoms with van der Waals surface area (Å²) in [5.74, 6) is -0.0830. The van der Waals surface area contributed by atoms with E-state index in [0.717, 1.165) is 63.4 Å². The van der Waals surface area contributed by atoms with Crippen LogP contribution in [0.5, 0.6) is 0 Å². The Hall–Kier alpha value is -2.08. The number of ether oxygens (including phenoxy) is 1. The average molecular weight is 388 g/mol. The maximum Gasteiger partial charge on any atom is 0.231 e. The van der Waals surface area contributed by atoms with E-state index >= 15 is 0 Å². The normalized spacial score (nSPS) is 19.3. The van der Waals surface area contributed by atoms with Gasteiger partial charge in [0.2, 0.25) is 11.8 Å². The van der Waals surface area contributed by atoms with Crippen LogP contribution in [-0.4, -0.2) is 43.7 Å². The highest BCUT2D eigenvalue weighted by Gasteiger charge is 2.43. The van der Waals surface area contributed by atoms with E-state index < -0.39 is 5.41 Å². The standard InChI is InChI=1S/C22H33N3O3/c1-21(2,3)24-19(26)16-22(10-4-5-11-22)20(27)23-17-6-8-18(9-7-17)25-12-14-28-15-13-25/h6-9H,4-5,10-16H2,1-3H3,(H,23,27)(H,24,26). The molecule has 0 bridgehead atoms. The number of morpholine rings is 1. The molecule has 0 aromatic heterocycles. The highest BCUT2D eigenvalue weighted by atomic mass is 16.5.